The molecule has 25 nitrogen and oxygen atoms in total. The predicted octanol–water partition coefficient (Wildman–Crippen LogP) is 17.5. The Bertz CT molecular complexity index is 4320. The molecule has 0 spiro atoms. The summed E-state index contributed by atoms with van der Waals surface area (Å²) in [6.45, 7) is 13.2. The lowest BCUT2D eigenvalue weighted by atomic mass is 10.0. The van der Waals surface area contributed by atoms with Crippen LogP contribution in [-0.2, 0) is 71.4 Å². The molecule has 0 aliphatic carbocycles. The molecule has 0 saturated heterocycles. The van der Waals surface area contributed by atoms with Gasteiger partial charge in [0.2, 0.25) is 0 Å². The van der Waals surface area contributed by atoms with Crippen LogP contribution in [0.5, 0.6) is 28.7 Å². The van der Waals surface area contributed by atoms with Gasteiger partial charge in [0.05, 0.1) is 133 Å². The van der Waals surface area contributed by atoms with E-state index in [1.807, 2.05) is 48.5 Å². The molecule has 0 aliphatic heterocycles. The molecule has 0 amide bonds. The Hall–Kier alpha value is -12.4. The molecule has 0 radical (unpaired) electrons. The fraction of sp³-hybridized carbons (Fsp3) is 0.387. The third kappa shape index (κ3) is 37.0. The van der Waals surface area contributed by atoms with Gasteiger partial charge in [-0.15, -0.1) is 0 Å². The van der Waals surface area contributed by atoms with Crippen molar-refractivity contribution in [2.75, 3.05) is 79.3 Å². The molecule has 7 aromatic rings. The molecule has 7 aromatic carbocycles. The molecule has 7 rings (SSSR count). The van der Waals surface area contributed by atoms with Crippen LogP contribution in [0.1, 0.15) is 207 Å². The normalized spacial score (nSPS) is 10.7. The van der Waals surface area contributed by atoms with Crippen LogP contribution >= 0.6 is 0 Å². The molecule has 0 atom stereocenters. The number of hydrogen-bond donors (Lipinski definition) is 0. The minimum Gasteiger partial charge on any atom is -0.494 e. The SMILES string of the molecule is C=C(C)C(=O)OCCCCCCOc1ccc(C(=O)Oc2ccc(-c3ccc(C(=O)OCCCCCCOC(=O)CCC(=O)OCCCOC(=O)c4ccc(OCCCOC(=O)CCC(=O)OCCCCCCOC(=O)c5ccc(-c6ccc(OC(=O)c7ccc(OCCCCCCOC(=O)C(=C)C)cc7)cc6)cc5)cc4)cc3)cc2)cc1. The first-order valence-electron chi connectivity index (χ1n) is 40.1. The topological polar surface area (TPSA) is 317 Å². The molecule has 0 N–H and O–H groups in total. The minimum absolute atomic E-state index is 0.0113. The van der Waals surface area contributed by atoms with E-state index in [1.165, 1.54) is 12.1 Å². The molecule has 0 fully saturated rings. The Morgan fingerprint density at radius 3 is 0.686 bits per heavy atom. The second-order valence-electron chi connectivity index (χ2n) is 27.6. The lowest BCUT2D eigenvalue weighted by molar-refractivity contribution is -0.150. The number of hydrogen-bond acceptors (Lipinski definition) is 25. The molecular formula is C93H106O25. The fourth-order valence-electron chi connectivity index (χ4n) is 11.1. The van der Waals surface area contributed by atoms with E-state index >= 15 is 0 Å². The molecule has 25 heteroatoms. The Balaban J connectivity index is 0.604. The van der Waals surface area contributed by atoms with Crippen molar-refractivity contribution in [3.63, 3.8) is 0 Å². The molecule has 0 heterocycles. The van der Waals surface area contributed by atoms with E-state index in [9.17, 15) is 52.7 Å². The minimum atomic E-state index is -0.588. The highest BCUT2D eigenvalue weighted by molar-refractivity contribution is 5.94. The zero-order valence-corrected chi connectivity index (χ0v) is 67.3. The van der Waals surface area contributed by atoms with Gasteiger partial charge in [-0.3, -0.25) is 19.2 Å². The van der Waals surface area contributed by atoms with Gasteiger partial charge in [-0.1, -0.05) is 61.7 Å². The zero-order chi connectivity index (χ0) is 84.3. The van der Waals surface area contributed by atoms with Gasteiger partial charge < -0.3 is 66.3 Å². The van der Waals surface area contributed by atoms with E-state index in [0.29, 0.717) is 121 Å². The largest absolute Gasteiger partial charge is 0.494 e. The van der Waals surface area contributed by atoms with Gasteiger partial charge in [-0.2, -0.15) is 0 Å². The molecule has 0 aliphatic rings. The molecule has 118 heavy (non-hydrogen) atoms. The van der Waals surface area contributed by atoms with Gasteiger partial charge in [-0.05, 0) is 260 Å². The van der Waals surface area contributed by atoms with Crippen LogP contribution in [0.3, 0.4) is 0 Å². The average molecular weight is 1620 g/mol. The monoisotopic (exact) mass is 1620 g/mol. The summed E-state index contributed by atoms with van der Waals surface area (Å²) in [6, 6.07) is 47.9. The molecule has 0 saturated carbocycles. The number of unbranched alkanes of at least 4 members (excludes halogenated alkanes) is 12. The number of carbonyl (C=O) groups is 11. The summed E-state index contributed by atoms with van der Waals surface area (Å²) in [7, 11) is 0. The smallest absolute Gasteiger partial charge is 0.343 e. The Morgan fingerprint density at radius 2 is 0.407 bits per heavy atom. The first-order chi connectivity index (χ1) is 57.3. The van der Waals surface area contributed by atoms with Crippen LogP contribution < -0.4 is 23.7 Å². The van der Waals surface area contributed by atoms with E-state index in [2.05, 4.69) is 13.2 Å². The van der Waals surface area contributed by atoms with E-state index < -0.39 is 53.7 Å². The van der Waals surface area contributed by atoms with Crippen LogP contribution in [0.15, 0.2) is 194 Å². The maximum atomic E-state index is 12.8. The fourth-order valence-corrected chi connectivity index (χ4v) is 11.1. The van der Waals surface area contributed by atoms with Crippen LogP contribution in [-0.4, -0.2) is 145 Å². The second kappa shape index (κ2) is 53.7. The summed E-state index contributed by atoms with van der Waals surface area (Å²) in [5, 5.41) is 0. The molecular weight excluding hydrogens is 1520 g/mol. The highest BCUT2D eigenvalue weighted by Crippen LogP contribution is 2.27. The third-order valence-corrected chi connectivity index (χ3v) is 17.8. The van der Waals surface area contributed by atoms with Crippen LogP contribution in [0.4, 0.5) is 0 Å². The second-order valence-corrected chi connectivity index (χ2v) is 27.6. The zero-order valence-electron chi connectivity index (χ0n) is 67.3. The van der Waals surface area contributed by atoms with Gasteiger partial charge in [0.25, 0.3) is 0 Å². The number of carbonyl (C=O) groups excluding carboxylic acids is 11. The van der Waals surface area contributed by atoms with Crippen molar-refractivity contribution in [1.29, 1.82) is 0 Å². The van der Waals surface area contributed by atoms with Crippen LogP contribution in [0.2, 0.25) is 0 Å². The highest BCUT2D eigenvalue weighted by Gasteiger charge is 2.18. The van der Waals surface area contributed by atoms with Crippen molar-refractivity contribution < 1.29 is 119 Å². The van der Waals surface area contributed by atoms with Crippen molar-refractivity contribution in [1.82, 2.24) is 0 Å². The van der Waals surface area contributed by atoms with E-state index in [1.54, 1.807) is 123 Å². The summed E-state index contributed by atoms with van der Waals surface area (Å²) < 4.78 is 75.8. The first-order valence-corrected chi connectivity index (χ1v) is 40.1. The van der Waals surface area contributed by atoms with E-state index in [0.717, 1.165) is 99.3 Å². The third-order valence-electron chi connectivity index (χ3n) is 17.8. The van der Waals surface area contributed by atoms with Gasteiger partial charge >= 0.3 is 65.7 Å². The quantitative estimate of drug-likeness (QED) is 0.0112. The lowest BCUT2D eigenvalue weighted by Crippen LogP contribution is -2.13. The van der Waals surface area contributed by atoms with Crippen molar-refractivity contribution >= 4 is 65.7 Å². The van der Waals surface area contributed by atoms with Gasteiger partial charge in [0, 0.05) is 24.0 Å². The number of rotatable bonds is 56. The highest BCUT2D eigenvalue weighted by atomic mass is 16.6. The van der Waals surface area contributed by atoms with Crippen LogP contribution in [0, 0.1) is 0 Å². The van der Waals surface area contributed by atoms with Gasteiger partial charge in [0.15, 0.2) is 0 Å². The predicted molar refractivity (Wildman–Crippen MR) is 437 cm³/mol. The maximum Gasteiger partial charge on any atom is 0.343 e. The lowest BCUT2D eigenvalue weighted by Gasteiger charge is -2.09. The van der Waals surface area contributed by atoms with Crippen LogP contribution in [0.25, 0.3) is 22.3 Å². The summed E-state index contributed by atoms with van der Waals surface area (Å²) in [5.41, 5.74) is 6.04. The average Bonchev–Trinajstić information content (AvgIpc) is 0.838. The Kier molecular flexibility index (Phi) is 42.2. The van der Waals surface area contributed by atoms with Crippen molar-refractivity contribution in [2.45, 2.75) is 155 Å². The molecule has 0 aromatic heterocycles. The van der Waals surface area contributed by atoms with Gasteiger partial charge in [-0.25, -0.2) is 33.6 Å². The number of benzene rings is 7. The van der Waals surface area contributed by atoms with E-state index in [-0.39, 0.29) is 102 Å². The molecule has 628 valence electrons. The summed E-state index contributed by atoms with van der Waals surface area (Å²) in [6.07, 6.45) is 12.4. The number of esters is 11. The Morgan fingerprint density at radius 1 is 0.212 bits per heavy atom. The summed E-state index contributed by atoms with van der Waals surface area (Å²) in [5.74, 6) is -2.89. The van der Waals surface area contributed by atoms with E-state index in [4.69, 9.17) is 66.3 Å². The van der Waals surface area contributed by atoms with Crippen molar-refractivity contribution in [3.05, 3.63) is 222 Å². The Labute approximate surface area is 688 Å². The number of ether oxygens (including phenoxy) is 14. The summed E-state index contributed by atoms with van der Waals surface area (Å²) in [4.78, 5) is 136. The summed E-state index contributed by atoms with van der Waals surface area (Å²) >= 11 is 0. The standard InChI is InChI=1S/C93H106O25/c1-67(2)87(98)112-59-17-9-5-13-55-105-78-43-37-76(38-44-78)92(103)117-81-47-31-71(32-48-81)69-23-27-73(28-24-69)89(100)114-61-19-11-7-15-57-108-83(94)51-53-85(96)110-64-21-63-107-80-41-35-75(36-42-80)91(102)116-66-22-65-111-86(97)54-52-84(95)109-58-16-8-12-20-62-115-90(101)74-29-25-70(26-30-74)72-33-49-82(50-34-72)118-93(104)77-39-45-79(46-40-77)106-56-14-6-10-18-60-113-88(99)68(3)4/h23-50H,1,3,5-22,51-66H2,2,4H3. The maximum absolute atomic E-state index is 12.8. The van der Waals surface area contributed by atoms with Crippen molar-refractivity contribution in [2.24, 2.45) is 0 Å². The molecule has 0 unspecified atom stereocenters. The van der Waals surface area contributed by atoms with Gasteiger partial charge in [0.1, 0.15) is 28.7 Å². The molecule has 0 bridgehead atoms. The van der Waals surface area contributed by atoms with Crippen molar-refractivity contribution in [3.8, 4) is 51.0 Å². The first kappa shape index (κ1) is 92.8.